The van der Waals surface area contributed by atoms with Crippen LogP contribution in [0.15, 0.2) is 103 Å². The summed E-state index contributed by atoms with van der Waals surface area (Å²) in [5, 5.41) is 0. The molecule has 0 spiro atoms. The summed E-state index contributed by atoms with van der Waals surface area (Å²) >= 11 is 0. The number of hydrogen-bond donors (Lipinski definition) is 1. The average Bonchev–Trinajstić information content (AvgIpc) is 2.92. The van der Waals surface area contributed by atoms with E-state index in [1.165, 1.54) is 0 Å². The first-order chi connectivity index (χ1) is 17.2. The highest BCUT2D eigenvalue weighted by Gasteiger charge is 2.19. The number of amides is 1. The quantitative estimate of drug-likeness (QED) is 0.333. The van der Waals surface area contributed by atoms with Crippen molar-refractivity contribution in [3.05, 3.63) is 120 Å². The first-order valence-corrected chi connectivity index (χ1v) is 11.7. The molecule has 4 aromatic rings. The molecule has 0 heterocycles. The number of ether oxygens (including phenoxy) is 2. The molecule has 0 saturated carbocycles. The molecule has 0 unspecified atom stereocenters. The molecule has 0 saturated heterocycles. The van der Waals surface area contributed by atoms with Crippen LogP contribution in [0.4, 0.5) is 0 Å². The van der Waals surface area contributed by atoms with E-state index >= 15 is 0 Å². The van der Waals surface area contributed by atoms with Gasteiger partial charge in [-0.3, -0.25) is 4.79 Å². The van der Waals surface area contributed by atoms with Crippen LogP contribution in [0.25, 0.3) is 11.1 Å². The van der Waals surface area contributed by atoms with Gasteiger partial charge in [0.05, 0.1) is 7.11 Å². The lowest BCUT2D eigenvalue weighted by Crippen LogP contribution is -2.35. The van der Waals surface area contributed by atoms with E-state index in [1.54, 1.807) is 30.2 Å². The van der Waals surface area contributed by atoms with Crippen molar-refractivity contribution < 1.29 is 14.3 Å². The third-order valence-electron chi connectivity index (χ3n) is 5.80. The number of methoxy groups -OCH3 is 1. The van der Waals surface area contributed by atoms with Crippen LogP contribution in [0, 0.1) is 0 Å². The van der Waals surface area contributed by atoms with Gasteiger partial charge in [-0.2, -0.15) is 0 Å². The number of carbonyl (C=O) groups excluding carboxylic acids is 1. The summed E-state index contributed by atoms with van der Waals surface area (Å²) in [6.45, 7) is 1.68. The van der Waals surface area contributed by atoms with Gasteiger partial charge in [-0.05, 0) is 40.5 Å². The highest BCUT2D eigenvalue weighted by Crippen LogP contribution is 2.30. The van der Waals surface area contributed by atoms with E-state index in [2.05, 4.69) is 24.3 Å². The van der Waals surface area contributed by atoms with Crippen molar-refractivity contribution in [1.29, 1.82) is 0 Å². The molecular formula is C30H30N2O3. The Morgan fingerprint density at radius 1 is 0.829 bits per heavy atom. The van der Waals surface area contributed by atoms with Crippen molar-refractivity contribution in [3.8, 4) is 22.6 Å². The minimum atomic E-state index is -0.105. The van der Waals surface area contributed by atoms with Crippen molar-refractivity contribution in [2.45, 2.75) is 13.2 Å². The molecule has 5 nitrogen and oxygen atoms in total. The van der Waals surface area contributed by atoms with E-state index in [1.807, 2.05) is 60.7 Å². The van der Waals surface area contributed by atoms with Crippen molar-refractivity contribution in [2.24, 2.45) is 5.73 Å². The summed E-state index contributed by atoms with van der Waals surface area (Å²) in [5.41, 5.74) is 10.8. The van der Waals surface area contributed by atoms with Gasteiger partial charge in [0, 0.05) is 25.2 Å². The molecule has 0 aromatic heterocycles. The third-order valence-corrected chi connectivity index (χ3v) is 5.80. The second kappa shape index (κ2) is 11.9. The smallest absolute Gasteiger partial charge is 0.254 e. The number of carbonyl (C=O) groups is 1. The van der Waals surface area contributed by atoms with Crippen molar-refractivity contribution in [2.75, 3.05) is 20.2 Å². The van der Waals surface area contributed by atoms with Gasteiger partial charge < -0.3 is 20.1 Å². The number of hydrogen-bond acceptors (Lipinski definition) is 4. The fourth-order valence-corrected chi connectivity index (χ4v) is 4.01. The second-order valence-electron chi connectivity index (χ2n) is 8.18. The Hall–Kier alpha value is -4.09. The molecule has 0 aliphatic heterocycles. The van der Waals surface area contributed by atoms with Crippen molar-refractivity contribution in [1.82, 2.24) is 4.90 Å². The highest BCUT2D eigenvalue weighted by molar-refractivity contribution is 5.95. The van der Waals surface area contributed by atoms with Gasteiger partial charge in [0.15, 0.2) is 11.5 Å². The summed E-state index contributed by atoms with van der Waals surface area (Å²) in [6.07, 6.45) is 0. The second-order valence-corrected chi connectivity index (χ2v) is 8.18. The maximum absolute atomic E-state index is 13.5. The van der Waals surface area contributed by atoms with Gasteiger partial charge in [-0.25, -0.2) is 0 Å². The molecule has 0 radical (unpaired) electrons. The number of nitrogens with zero attached hydrogens (tertiary/aromatic N) is 1. The standard InChI is InChI=1S/C30H30N2O3/c1-34-29-20-25(16-17-28(29)35-22-23-10-4-2-5-11-23)30(33)32(19-18-31)21-26-14-8-9-15-27(26)24-12-6-3-7-13-24/h2-17,20H,18-19,21-22,31H2,1H3. The summed E-state index contributed by atoms with van der Waals surface area (Å²) in [4.78, 5) is 15.3. The molecule has 0 fully saturated rings. The van der Waals surface area contributed by atoms with Crippen LogP contribution in [0.2, 0.25) is 0 Å². The fraction of sp³-hybridized carbons (Fsp3) is 0.167. The first-order valence-electron chi connectivity index (χ1n) is 11.7. The zero-order valence-corrected chi connectivity index (χ0v) is 19.9. The number of benzene rings is 4. The molecule has 0 bridgehead atoms. The molecule has 4 aromatic carbocycles. The molecule has 2 N–H and O–H groups in total. The van der Waals surface area contributed by atoms with Crippen LogP contribution in [0.5, 0.6) is 11.5 Å². The molecule has 0 atom stereocenters. The van der Waals surface area contributed by atoms with E-state index in [0.29, 0.717) is 43.3 Å². The Morgan fingerprint density at radius 2 is 1.51 bits per heavy atom. The average molecular weight is 467 g/mol. The van der Waals surface area contributed by atoms with Crippen LogP contribution < -0.4 is 15.2 Å². The number of rotatable bonds is 10. The van der Waals surface area contributed by atoms with Gasteiger partial charge in [-0.1, -0.05) is 84.9 Å². The lowest BCUT2D eigenvalue weighted by molar-refractivity contribution is 0.0748. The van der Waals surface area contributed by atoms with E-state index in [9.17, 15) is 4.79 Å². The molecule has 0 aliphatic rings. The van der Waals surface area contributed by atoms with Crippen LogP contribution >= 0.6 is 0 Å². The summed E-state index contributed by atoms with van der Waals surface area (Å²) in [6, 6.07) is 33.5. The van der Waals surface area contributed by atoms with Crippen molar-refractivity contribution in [3.63, 3.8) is 0 Å². The van der Waals surface area contributed by atoms with E-state index in [0.717, 1.165) is 22.3 Å². The molecule has 0 aliphatic carbocycles. The van der Waals surface area contributed by atoms with Gasteiger partial charge in [0.1, 0.15) is 6.61 Å². The Morgan fingerprint density at radius 3 is 2.23 bits per heavy atom. The number of nitrogens with two attached hydrogens (primary N) is 1. The summed E-state index contributed by atoms with van der Waals surface area (Å²) < 4.78 is 11.5. The molecule has 35 heavy (non-hydrogen) atoms. The predicted octanol–water partition coefficient (Wildman–Crippen LogP) is 5.54. The van der Waals surface area contributed by atoms with Crippen molar-refractivity contribution >= 4 is 5.91 Å². The van der Waals surface area contributed by atoms with Crippen LogP contribution in [0.3, 0.4) is 0 Å². The summed E-state index contributed by atoms with van der Waals surface area (Å²) in [5.74, 6) is 1.00. The predicted molar refractivity (Wildman–Crippen MR) is 139 cm³/mol. The lowest BCUT2D eigenvalue weighted by atomic mass is 9.99. The molecule has 4 rings (SSSR count). The van der Waals surface area contributed by atoms with Gasteiger partial charge in [0.2, 0.25) is 0 Å². The minimum Gasteiger partial charge on any atom is -0.493 e. The van der Waals surface area contributed by atoms with Gasteiger partial charge in [0.25, 0.3) is 5.91 Å². The lowest BCUT2D eigenvalue weighted by Gasteiger charge is -2.24. The molecule has 5 heteroatoms. The van der Waals surface area contributed by atoms with E-state index < -0.39 is 0 Å². The van der Waals surface area contributed by atoms with E-state index in [-0.39, 0.29) is 5.91 Å². The van der Waals surface area contributed by atoms with Crippen LogP contribution in [-0.2, 0) is 13.2 Å². The minimum absolute atomic E-state index is 0.105. The Kier molecular flexibility index (Phi) is 8.15. The van der Waals surface area contributed by atoms with E-state index in [4.69, 9.17) is 15.2 Å². The monoisotopic (exact) mass is 466 g/mol. The topological polar surface area (TPSA) is 64.8 Å². The Bertz CT molecular complexity index is 1240. The molecular weight excluding hydrogens is 436 g/mol. The Labute approximate surface area is 206 Å². The Balaban J connectivity index is 1.55. The van der Waals surface area contributed by atoms with Crippen LogP contribution in [-0.4, -0.2) is 31.0 Å². The normalized spacial score (nSPS) is 10.6. The fourth-order valence-electron chi connectivity index (χ4n) is 4.01. The molecule has 178 valence electrons. The van der Waals surface area contributed by atoms with Crippen LogP contribution in [0.1, 0.15) is 21.5 Å². The third kappa shape index (κ3) is 6.08. The maximum atomic E-state index is 13.5. The first kappa shape index (κ1) is 24.0. The SMILES string of the molecule is COc1cc(C(=O)N(CCN)Cc2ccccc2-c2ccccc2)ccc1OCc1ccccc1. The zero-order chi connectivity index (χ0) is 24.5. The summed E-state index contributed by atoms with van der Waals surface area (Å²) in [7, 11) is 1.58. The molecule has 1 amide bonds. The van der Waals surface area contributed by atoms with Gasteiger partial charge in [-0.15, -0.1) is 0 Å². The zero-order valence-electron chi connectivity index (χ0n) is 19.9. The van der Waals surface area contributed by atoms with Gasteiger partial charge >= 0.3 is 0 Å². The highest BCUT2D eigenvalue weighted by atomic mass is 16.5. The maximum Gasteiger partial charge on any atom is 0.254 e. The largest absolute Gasteiger partial charge is 0.493 e.